The van der Waals surface area contributed by atoms with E-state index in [4.69, 9.17) is 21.3 Å². The van der Waals surface area contributed by atoms with Crippen LogP contribution in [0.5, 0.6) is 0 Å². The number of pyridine rings is 1. The lowest BCUT2D eigenvalue weighted by Gasteiger charge is -2.41. The lowest BCUT2D eigenvalue weighted by Crippen LogP contribution is -2.44. The minimum Gasteiger partial charge on any atom is -0.479 e. The topological polar surface area (TPSA) is 84.4 Å². The van der Waals surface area contributed by atoms with Crippen LogP contribution in [0.1, 0.15) is 93.5 Å². The maximum atomic E-state index is 13.2. The van der Waals surface area contributed by atoms with Gasteiger partial charge in [-0.05, 0) is 113 Å². The summed E-state index contributed by atoms with van der Waals surface area (Å²) in [6, 6.07) is 13.0. The van der Waals surface area contributed by atoms with Crippen LogP contribution in [0.4, 0.5) is 11.5 Å². The number of nitrogens with zero attached hydrogens (tertiary/aromatic N) is 5. The minimum atomic E-state index is -1.16. The Hall–Kier alpha value is -3.21. The number of anilines is 2. The van der Waals surface area contributed by atoms with Gasteiger partial charge in [-0.15, -0.1) is 0 Å². The van der Waals surface area contributed by atoms with E-state index in [1.807, 2.05) is 39.8 Å². The van der Waals surface area contributed by atoms with Gasteiger partial charge < -0.3 is 29.9 Å². The van der Waals surface area contributed by atoms with E-state index in [1.54, 1.807) is 0 Å². The van der Waals surface area contributed by atoms with Gasteiger partial charge in [-0.3, -0.25) is 4.90 Å². The van der Waals surface area contributed by atoms with E-state index >= 15 is 0 Å². The number of aliphatic carboxylic acids is 1. The number of piperidine rings is 1. The van der Waals surface area contributed by atoms with Crippen LogP contribution in [0.3, 0.4) is 0 Å². The Morgan fingerprint density at radius 1 is 1.00 bits per heavy atom. The van der Waals surface area contributed by atoms with Crippen molar-refractivity contribution in [2.75, 3.05) is 76.2 Å². The summed E-state index contributed by atoms with van der Waals surface area (Å²) in [5.41, 5.74) is 8.97. The van der Waals surface area contributed by atoms with E-state index in [0.29, 0.717) is 11.3 Å². The number of carboxylic acids is 1. The molecule has 4 heterocycles. The van der Waals surface area contributed by atoms with Crippen molar-refractivity contribution in [3.8, 4) is 11.1 Å². The number of halogens is 1. The van der Waals surface area contributed by atoms with Crippen molar-refractivity contribution >= 4 is 29.1 Å². The Kier molecular flexibility index (Phi) is 12.6. The predicted molar refractivity (Wildman–Crippen MR) is 222 cm³/mol. The molecular formula is C44H63ClN6O3. The molecule has 0 bridgehead atoms. The number of ether oxygens (including phenoxy) is 1. The lowest BCUT2D eigenvalue weighted by atomic mass is 9.81. The summed E-state index contributed by atoms with van der Waals surface area (Å²) in [6.45, 7) is 25.0. The SMILES string of the molecule is Cc1cccc(Cl)c1CN1CCc2cc(-c3c(NCCCN4CCN(C)CC4)nc(C)c([C@H](OC(C)(C)C)C(=O)O)c3N3CCC(C)(C)CC3)ccc2C1. The molecule has 0 amide bonds. The van der Waals surface area contributed by atoms with E-state index in [-0.39, 0.29) is 5.41 Å². The van der Waals surface area contributed by atoms with Crippen LogP contribution in [0.25, 0.3) is 11.1 Å². The van der Waals surface area contributed by atoms with Crippen LogP contribution in [0.2, 0.25) is 5.02 Å². The molecule has 9 nitrogen and oxygen atoms in total. The number of carboxylic acid groups (broad SMARTS) is 1. The fraction of sp³-hybridized carbons (Fsp3) is 0.591. The van der Waals surface area contributed by atoms with Gasteiger partial charge in [-0.2, -0.15) is 0 Å². The molecule has 3 aliphatic rings. The van der Waals surface area contributed by atoms with Crippen LogP contribution < -0.4 is 10.2 Å². The van der Waals surface area contributed by atoms with Crippen LogP contribution in [0.15, 0.2) is 36.4 Å². The number of aryl methyl sites for hydroxylation is 2. The summed E-state index contributed by atoms with van der Waals surface area (Å²) in [6.07, 6.45) is 2.79. The van der Waals surface area contributed by atoms with Crippen molar-refractivity contribution in [2.45, 2.75) is 98.9 Å². The third-order valence-corrected chi connectivity index (χ3v) is 12.0. The number of carbonyl (C=O) groups is 1. The molecule has 0 spiro atoms. The van der Waals surface area contributed by atoms with Crippen LogP contribution >= 0.6 is 11.6 Å². The molecule has 0 saturated carbocycles. The molecule has 1 atom stereocenters. The smallest absolute Gasteiger partial charge is 0.337 e. The average molecular weight is 759 g/mol. The highest BCUT2D eigenvalue weighted by Gasteiger charge is 2.37. The minimum absolute atomic E-state index is 0.220. The van der Waals surface area contributed by atoms with E-state index < -0.39 is 17.7 Å². The van der Waals surface area contributed by atoms with Gasteiger partial charge in [0.25, 0.3) is 0 Å². The van der Waals surface area contributed by atoms with E-state index in [2.05, 4.69) is 77.0 Å². The zero-order valence-corrected chi connectivity index (χ0v) is 34.8. The second-order valence-electron chi connectivity index (χ2n) is 17.7. The first-order valence-corrected chi connectivity index (χ1v) is 20.4. The second kappa shape index (κ2) is 16.9. The number of hydrogen-bond acceptors (Lipinski definition) is 8. The molecule has 54 heavy (non-hydrogen) atoms. The average Bonchev–Trinajstić information content (AvgIpc) is 3.11. The normalized spacial score (nSPS) is 19.1. The summed E-state index contributed by atoms with van der Waals surface area (Å²) in [5.74, 6) is -0.174. The molecule has 1 aromatic heterocycles. The molecule has 2 aromatic carbocycles. The Morgan fingerprint density at radius 2 is 1.72 bits per heavy atom. The number of hydrogen-bond donors (Lipinski definition) is 2. The molecule has 3 aliphatic heterocycles. The van der Waals surface area contributed by atoms with Crippen LogP contribution in [0, 0.1) is 19.3 Å². The van der Waals surface area contributed by atoms with Gasteiger partial charge in [-0.25, -0.2) is 9.78 Å². The quantitative estimate of drug-likeness (QED) is 0.178. The maximum Gasteiger partial charge on any atom is 0.337 e. The van der Waals surface area contributed by atoms with E-state index in [0.717, 1.165) is 125 Å². The third kappa shape index (κ3) is 9.77. The highest BCUT2D eigenvalue weighted by Crippen LogP contribution is 2.47. The predicted octanol–water partition coefficient (Wildman–Crippen LogP) is 8.19. The third-order valence-electron chi connectivity index (χ3n) is 11.6. The number of nitrogens with one attached hydrogen (secondary N) is 1. The van der Waals surface area contributed by atoms with Crippen molar-refractivity contribution < 1.29 is 14.6 Å². The Morgan fingerprint density at radius 3 is 2.39 bits per heavy atom. The summed E-state index contributed by atoms with van der Waals surface area (Å²) in [5, 5.41) is 15.4. The van der Waals surface area contributed by atoms with Gasteiger partial charge in [0.05, 0.1) is 11.3 Å². The lowest BCUT2D eigenvalue weighted by molar-refractivity contribution is -0.160. The molecule has 0 radical (unpaired) electrons. The molecule has 294 valence electrons. The number of benzene rings is 2. The Balaban J connectivity index is 1.40. The van der Waals surface area contributed by atoms with Gasteiger partial charge in [0.1, 0.15) is 5.82 Å². The highest BCUT2D eigenvalue weighted by atomic mass is 35.5. The number of fused-ring (bicyclic) bond motifs is 1. The monoisotopic (exact) mass is 758 g/mol. The van der Waals surface area contributed by atoms with Crippen molar-refractivity contribution in [1.29, 1.82) is 0 Å². The fourth-order valence-electron chi connectivity index (χ4n) is 8.24. The number of piperazine rings is 1. The largest absolute Gasteiger partial charge is 0.479 e. The standard InChI is InChI=1S/C44H63ClN6O3/c1-30-11-9-12-36(45)35(30)29-50-20-15-32-27-33(13-14-34(32)28-50)38-39(51-21-16-44(6,7)17-22-51)37(40(42(52)53)54-43(3,4)5)31(2)47-41(38)46-18-10-19-49-25-23-48(8)24-26-49/h9,11-14,27,40H,10,15-26,28-29H2,1-8H3,(H,46,47)(H,52,53)/t40-/m0/s1. The zero-order chi connectivity index (χ0) is 38.8. The second-order valence-corrected chi connectivity index (χ2v) is 18.1. The van der Waals surface area contributed by atoms with Crippen molar-refractivity contribution in [1.82, 2.24) is 19.7 Å². The first-order chi connectivity index (χ1) is 25.6. The van der Waals surface area contributed by atoms with Crippen molar-refractivity contribution in [3.63, 3.8) is 0 Å². The van der Waals surface area contributed by atoms with E-state index in [9.17, 15) is 9.90 Å². The molecular weight excluding hydrogens is 696 g/mol. The summed E-state index contributed by atoms with van der Waals surface area (Å²) in [4.78, 5) is 28.2. The highest BCUT2D eigenvalue weighted by molar-refractivity contribution is 6.31. The van der Waals surface area contributed by atoms with Crippen LogP contribution in [-0.4, -0.2) is 102 Å². The molecule has 0 unspecified atom stereocenters. The number of aromatic nitrogens is 1. The zero-order valence-electron chi connectivity index (χ0n) is 34.0. The van der Waals surface area contributed by atoms with E-state index in [1.165, 1.54) is 22.3 Å². The van der Waals surface area contributed by atoms with Gasteiger partial charge in [0, 0.05) is 87.3 Å². The first kappa shape index (κ1) is 40.5. The molecule has 2 fully saturated rings. The summed E-state index contributed by atoms with van der Waals surface area (Å²) >= 11 is 6.65. The maximum absolute atomic E-state index is 13.2. The first-order valence-electron chi connectivity index (χ1n) is 20.0. The fourth-order valence-corrected chi connectivity index (χ4v) is 8.52. The van der Waals surface area contributed by atoms with Gasteiger partial charge in [0.15, 0.2) is 6.10 Å². The summed E-state index contributed by atoms with van der Waals surface area (Å²) < 4.78 is 6.40. The Bertz CT molecular complexity index is 1770. The number of likely N-dealkylation sites (N-methyl/N-ethyl adjacent to an activating group) is 1. The summed E-state index contributed by atoms with van der Waals surface area (Å²) in [7, 11) is 2.19. The molecule has 0 aliphatic carbocycles. The van der Waals surface area contributed by atoms with Crippen molar-refractivity contribution in [2.24, 2.45) is 5.41 Å². The Labute approximate surface area is 329 Å². The van der Waals surface area contributed by atoms with Gasteiger partial charge >= 0.3 is 5.97 Å². The molecule has 6 rings (SSSR count). The molecule has 2 saturated heterocycles. The molecule has 2 N–H and O–H groups in total. The molecule has 10 heteroatoms. The van der Waals surface area contributed by atoms with Crippen molar-refractivity contribution in [3.05, 3.63) is 74.9 Å². The number of rotatable bonds is 12. The van der Waals surface area contributed by atoms with Gasteiger partial charge in [0.2, 0.25) is 0 Å². The van der Waals surface area contributed by atoms with Crippen LogP contribution in [-0.2, 0) is 29.0 Å². The van der Waals surface area contributed by atoms with Gasteiger partial charge in [-0.1, -0.05) is 55.8 Å². The molecule has 3 aromatic rings.